The highest BCUT2D eigenvalue weighted by atomic mass is 16.5. The molecule has 142 valence electrons. The lowest BCUT2D eigenvalue weighted by molar-refractivity contribution is -0.128. The van der Waals surface area contributed by atoms with Crippen molar-refractivity contribution in [1.29, 1.82) is 0 Å². The number of piperidine rings is 1. The Balaban J connectivity index is 1.36. The summed E-state index contributed by atoms with van der Waals surface area (Å²) < 4.78 is 6.56. The normalized spacial score (nSPS) is 22.4. The number of carbonyl (C=O) groups excluding carboxylic acids is 1. The van der Waals surface area contributed by atoms with Crippen LogP contribution in [0, 0.1) is 0 Å². The maximum absolute atomic E-state index is 11.8. The molecule has 1 aromatic carbocycles. The molecule has 4 rings (SSSR count). The fourth-order valence-electron chi connectivity index (χ4n) is 4.61. The van der Waals surface area contributed by atoms with E-state index in [1.165, 1.54) is 56.3 Å². The quantitative estimate of drug-likeness (QED) is 0.829. The van der Waals surface area contributed by atoms with Crippen LogP contribution in [0.5, 0.6) is 5.75 Å². The lowest BCUT2D eigenvalue weighted by Crippen LogP contribution is -2.53. The molecule has 1 amide bonds. The summed E-state index contributed by atoms with van der Waals surface area (Å²) in [5.74, 6) is 1.27. The molecule has 1 aromatic rings. The summed E-state index contributed by atoms with van der Waals surface area (Å²) in [7, 11) is 3.64. The summed E-state index contributed by atoms with van der Waals surface area (Å²) in [5.41, 5.74) is 2.64. The van der Waals surface area contributed by atoms with Crippen molar-refractivity contribution in [3.8, 4) is 5.75 Å². The molecule has 1 aliphatic carbocycles. The van der Waals surface area contributed by atoms with Crippen LogP contribution in [0.25, 0.3) is 0 Å². The van der Waals surface area contributed by atoms with Crippen LogP contribution in [0.1, 0.15) is 56.1 Å². The van der Waals surface area contributed by atoms with E-state index in [9.17, 15) is 4.79 Å². The van der Waals surface area contributed by atoms with Crippen molar-refractivity contribution in [1.82, 2.24) is 9.80 Å². The molecule has 26 heavy (non-hydrogen) atoms. The molecule has 0 aromatic heterocycles. The number of benzene rings is 1. The minimum Gasteiger partial charge on any atom is -0.487 e. The molecule has 4 heteroatoms. The summed E-state index contributed by atoms with van der Waals surface area (Å²) in [5, 5.41) is 0. The minimum absolute atomic E-state index is 0.0651. The smallest absolute Gasteiger partial charge is 0.222 e. The average molecular weight is 357 g/mol. The van der Waals surface area contributed by atoms with Gasteiger partial charge in [0.1, 0.15) is 11.4 Å². The highest BCUT2D eigenvalue weighted by molar-refractivity contribution is 5.75. The van der Waals surface area contributed by atoms with E-state index in [2.05, 4.69) is 23.1 Å². The number of ether oxygens (including phenoxy) is 1. The monoisotopic (exact) mass is 356 g/mol. The molecule has 2 fully saturated rings. The minimum atomic E-state index is 0.0651. The first-order chi connectivity index (χ1) is 12.5. The molecular weight excluding hydrogens is 324 g/mol. The van der Waals surface area contributed by atoms with Gasteiger partial charge in [0.05, 0.1) is 0 Å². The van der Waals surface area contributed by atoms with Crippen LogP contribution in [-0.4, -0.2) is 54.5 Å². The second-order valence-electron chi connectivity index (χ2n) is 8.64. The molecule has 0 atom stereocenters. The van der Waals surface area contributed by atoms with Crippen molar-refractivity contribution in [3.05, 3.63) is 29.3 Å². The van der Waals surface area contributed by atoms with E-state index in [-0.39, 0.29) is 11.5 Å². The van der Waals surface area contributed by atoms with Crippen molar-refractivity contribution >= 4 is 5.91 Å². The van der Waals surface area contributed by atoms with E-state index < -0.39 is 0 Å². The van der Waals surface area contributed by atoms with E-state index in [1.54, 1.807) is 4.90 Å². The van der Waals surface area contributed by atoms with Crippen molar-refractivity contribution in [3.63, 3.8) is 0 Å². The Hall–Kier alpha value is -1.55. The summed E-state index contributed by atoms with van der Waals surface area (Å²) in [6.07, 6.45) is 10.2. The number of fused-ring (bicyclic) bond motifs is 1. The van der Waals surface area contributed by atoms with Gasteiger partial charge in [-0.15, -0.1) is 0 Å². The Kier molecular flexibility index (Phi) is 4.96. The predicted octanol–water partition coefficient (Wildman–Crippen LogP) is 3.42. The largest absolute Gasteiger partial charge is 0.487 e. The van der Waals surface area contributed by atoms with Crippen LogP contribution in [-0.2, 0) is 17.6 Å². The van der Waals surface area contributed by atoms with E-state index in [0.29, 0.717) is 6.42 Å². The van der Waals surface area contributed by atoms with Crippen LogP contribution in [0.2, 0.25) is 0 Å². The second kappa shape index (κ2) is 7.22. The number of aryl methyl sites for hydroxylation is 2. The lowest BCUT2D eigenvalue weighted by atomic mass is 9.81. The molecule has 1 saturated carbocycles. The van der Waals surface area contributed by atoms with Crippen molar-refractivity contribution in [2.45, 2.75) is 69.4 Å². The van der Waals surface area contributed by atoms with E-state index in [0.717, 1.165) is 31.1 Å². The maximum Gasteiger partial charge on any atom is 0.222 e. The fourth-order valence-corrected chi connectivity index (χ4v) is 4.61. The van der Waals surface area contributed by atoms with E-state index >= 15 is 0 Å². The molecule has 2 aliphatic heterocycles. The van der Waals surface area contributed by atoms with Gasteiger partial charge in [-0.25, -0.2) is 0 Å². The molecule has 1 spiro atoms. The van der Waals surface area contributed by atoms with Gasteiger partial charge >= 0.3 is 0 Å². The van der Waals surface area contributed by atoms with Gasteiger partial charge in [0.25, 0.3) is 0 Å². The SMILES string of the molecule is CN(C)C(=O)CCc1ccc2c(c1)CCC1(CCN(C3CCC3)CC1)O2. The molecule has 0 unspecified atom stereocenters. The van der Waals surface area contributed by atoms with Gasteiger partial charge in [0.15, 0.2) is 0 Å². The number of hydrogen-bond donors (Lipinski definition) is 0. The summed E-state index contributed by atoms with van der Waals surface area (Å²) in [6.45, 7) is 2.40. The van der Waals surface area contributed by atoms with E-state index in [4.69, 9.17) is 4.74 Å². The molecule has 2 heterocycles. The summed E-state index contributed by atoms with van der Waals surface area (Å²) in [4.78, 5) is 16.2. The lowest BCUT2D eigenvalue weighted by Gasteiger charge is -2.48. The number of hydrogen-bond acceptors (Lipinski definition) is 3. The number of rotatable bonds is 4. The van der Waals surface area contributed by atoms with Gasteiger partial charge in [-0.05, 0) is 62.1 Å². The van der Waals surface area contributed by atoms with Crippen molar-refractivity contribution in [2.24, 2.45) is 0 Å². The van der Waals surface area contributed by atoms with Gasteiger partial charge in [-0.3, -0.25) is 4.79 Å². The summed E-state index contributed by atoms with van der Waals surface area (Å²) >= 11 is 0. The van der Waals surface area contributed by atoms with E-state index in [1.807, 2.05) is 14.1 Å². The number of likely N-dealkylation sites (tertiary alicyclic amines) is 1. The average Bonchev–Trinajstić information content (AvgIpc) is 2.60. The van der Waals surface area contributed by atoms with Crippen molar-refractivity contribution < 1.29 is 9.53 Å². The molecule has 3 aliphatic rings. The zero-order chi connectivity index (χ0) is 18.1. The topological polar surface area (TPSA) is 32.8 Å². The van der Waals surface area contributed by atoms with Gasteiger partial charge in [-0.2, -0.15) is 0 Å². The van der Waals surface area contributed by atoms with Crippen LogP contribution < -0.4 is 4.74 Å². The first kappa shape index (κ1) is 17.8. The third kappa shape index (κ3) is 3.62. The Morgan fingerprint density at radius 1 is 1.23 bits per heavy atom. The third-order valence-electron chi connectivity index (χ3n) is 6.73. The van der Waals surface area contributed by atoms with Gasteiger partial charge < -0.3 is 14.5 Å². The highest BCUT2D eigenvalue weighted by Gasteiger charge is 2.41. The van der Waals surface area contributed by atoms with Crippen LogP contribution >= 0.6 is 0 Å². The Morgan fingerprint density at radius 3 is 2.65 bits per heavy atom. The van der Waals surface area contributed by atoms with Crippen molar-refractivity contribution in [2.75, 3.05) is 27.2 Å². The maximum atomic E-state index is 11.8. The highest BCUT2D eigenvalue weighted by Crippen LogP contribution is 2.41. The zero-order valence-corrected chi connectivity index (χ0v) is 16.3. The Bertz CT molecular complexity index is 658. The number of nitrogens with zero attached hydrogens (tertiary/aromatic N) is 2. The van der Waals surface area contributed by atoms with Crippen LogP contribution in [0.15, 0.2) is 18.2 Å². The molecule has 0 bridgehead atoms. The van der Waals surface area contributed by atoms with Gasteiger partial charge in [0, 0.05) is 39.6 Å². The standard InChI is InChI=1S/C22H32N2O2/c1-23(2)21(25)9-7-17-6-8-20-18(16-17)10-11-22(26-20)12-14-24(15-13-22)19-4-3-5-19/h6,8,16,19H,3-5,7,9-15H2,1-2H3. The predicted molar refractivity (Wildman–Crippen MR) is 104 cm³/mol. The first-order valence-electron chi connectivity index (χ1n) is 10.3. The molecule has 4 nitrogen and oxygen atoms in total. The number of carbonyl (C=O) groups is 1. The van der Waals surface area contributed by atoms with Crippen LogP contribution in [0.4, 0.5) is 0 Å². The summed E-state index contributed by atoms with van der Waals surface area (Å²) in [6, 6.07) is 7.40. The van der Waals surface area contributed by atoms with Crippen LogP contribution in [0.3, 0.4) is 0 Å². The third-order valence-corrected chi connectivity index (χ3v) is 6.73. The Labute approximate surface area is 157 Å². The number of amides is 1. The second-order valence-corrected chi connectivity index (χ2v) is 8.64. The molecule has 0 radical (unpaired) electrons. The zero-order valence-electron chi connectivity index (χ0n) is 16.3. The van der Waals surface area contributed by atoms with Gasteiger partial charge in [-0.1, -0.05) is 18.6 Å². The van der Waals surface area contributed by atoms with Gasteiger partial charge in [0.2, 0.25) is 5.91 Å². The molecular formula is C22H32N2O2. The molecule has 0 N–H and O–H groups in total. The first-order valence-corrected chi connectivity index (χ1v) is 10.3. The fraction of sp³-hybridized carbons (Fsp3) is 0.682. The Morgan fingerprint density at radius 2 is 2.00 bits per heavy atom. The molecule has 1 saturated heterocycles.